The summed E-state index contributed by atoms with van der Waals surface area (Å²) >= 11 is 2.50. The van der Waals surface area contributed by atoms with Crippen LogP contribution < -0.4 is 0 Å². The molecule has 1 aromatic heterocycles. The molecule has 0 radical (unpaired) electrons. The number of rotatable bonds is 10. The van der Waals surface area contributed by atoms with Gasteiger partial charge >= 0.3 is 11.9 Å². The van der Waals surface area contributed by atoms with Crippen LogP contribution in [0.3, 0.4) is 0 Å². The Morgan fingerprint density at radius 1 is 1.33 bits per heavy atom. The number of hydrogen-bond donors (Lipinski definition) is 1. The quantitative estimate of drug-likeness (QED) is 0.206. The lowest BCUT2D eigenvalue weighted by Gasteiger charge is -2.45. The van der Waals surface area contributed by atoms with Crippen LogP contribution in [0.15, 0.2) is 46.6 Å². The van der Waals surface area contributed by atoms with Crippen LogP contribution in [0, 0.1) is 16.0 Å². The van der Waals surface area contributed by atoms with Gasteiger partial charge in [-0.1, -0.05) is 11.8 Å². The number of non-ortho nitro benzene ring substituents is 1. The molecule has 3 heterocycles. The highest BCUT2D eigenvalue weighted by Gasteiger charge is 2.60. The Hall–Kier alpha value is -3.36. The summed E-state index contributed by atoms with van der Waals surface area (Å²) in [6, 6.07) is 5.58. The van der Waals surface area contributed by atoms with E-state index in [4.69, 9.17) is 9.47 Å². The predicted octanol–water partition coefficient (Wildman–Crippen LogP) is 2.10. The number of β-lactam (4-membered cyclic amide) rings is 1. The van der Waals surface area contributed by atoms with Gasteiger partial charge in [0.25, 0.3) is 5.69 Å². The summed E-state index contributed by atoms with van der Waals surface area (Å²) in [6.07, 6.45) is 2.31. The first kappa shape index (κ1) is 25.7. The highest BCUT2D eigenvalue weighted by atomic mass is 32.2. The van der Waals surface area contributed by atoms with Crippen molar-refractivity contribution in [2.45, 2.75) is 25.0 Å². The van der Waals surface area contributed by atoms with Crippen LogP contribution in [0.4, 0.5) is 5.69 Å². The number of aliphatic hydroxyl groups is 1. The lowest BCUT2D eigenvalue weighted by Crippen LogP contribution is -2.59. The first-order valence-corrected chi connectivity index (χ1v) is 12.6. The van der Waals surface area contributed by atoms with E-state index in [0.717, 1.165) is 0 Å². The number of nitro groups is 1. The number of nitrogens with zero attached hydrogens (tertiary/aromatic N) is 4. The zero-order valence-corrected chi connectivity index (χ0v) is 20.9. The summed E-state index contributed by atoms with van der Waals surface area (Å²) in [7, 11) is 1.71. The van der Waals surface area contributed by atoms with Crippen LogP contribution in [-0.4, -0.2) is 60.3 Å². The fourth-order valence-corrected chi connectivity index (χ4v) is 6.51. The van der Waals surface area contributed by atoms with Gasteiger partial charge in [0.1, 0.15) is 24.0 Å². The molecule has 190 valence electrons. The normalized spacial score (nSPS) is 19.5. The largest absolute Gasteiger partial charge is 0.457 e. The van der Waals surface area contributed by atoms with Gasteiger partial charge in [0.05, 0.1) is 22.0 Å². The molecule has 1 fully saturated rings. The first-order chi connectivity index (χ1) is 17.2. The van der Waals surface area contributed by atoms with Gasteiger partial charge in [-0.15, -0.1) is 11.8 Å². The van der Waals surface area contributed by atoms with E-state index in [1.807, 2.05) is 0 Å². The maximum absolute atomic E-state index is 13.3. The summed E-state index contributed by atoms with van der Waals surface area (Å²) in [4.78, 5) is 49.8. The van der Waals surface area contributed by atoms with E-state index in [-0.39, 0.29) is 24.6 Å². The van der Waals surface area contributed by atoms with Crippen LogP contribution in [0.25, 0.3) is 0 Å². The van der Waals surface area contributed by atoms with Crippen LogP contribution in [0.1, 0.15) is 24.2 Å². The summed E-state index contributed by atoms with van der Waals surface area (Å²) in [5.41, 5.74) is 1.09. The molecule has 1 aromatic carbocycles. The second-order valence-corrected chi connectivity index (χ2v) is 10.4. The number of carbonyl (C=O) groups excluding carboxylic acids is 3. The third-order valence-electron chi connectivity index (χ3n) is 5.45. The Bertz CT molecular complexity index is 1230. The Morgan fingerprint density at radius 3 is 2.64 bits per heavy atom. The number of ether oxygens (including phenoxy) is 2. The second kappa shape index (κ2) is 10.7. The minimum Gasteiger partial charge on any atom is -0.457 e. The van der Waals surface area contributed by atoms with Crippen molar-refractivity contribution in [1.29, 1.82) is 0 Å². The number of aliphatic hydroxyl groups excluding tert-OH is 1. The summed E-state index contributed by atoms with van der Waals surface area (Å²) in [5.74, 6) is -2.13. The van der Waals surface area contributed by atoms with Gasteiger partial charge in [0, 0.05) is 43.6 Å². The molecule has 2 aliphatic heterocycles. The van der Waals surface area contributed by atoms with E-state index in [9.17, 15) is 29.6 Å². The maximum Gasteiger partial charge on any atom is 0.357 e. The van der Waals surface area contributed by atoms with Crippen LogP contribution in [-0.2, 0) is 37.5 Å². The zero-order valence-electron chi connectivity index (χ0n) is 19.2. The molecule has 12 nitrogen and oxygen atoms in total. The van der Waals surface area contributed by atoms with E-state index in [0.29, 0.717) is 21.1 Å². The summed E-state index contributed by atoms with van der Waals surface area (Å²) in [6.45, 7) is 0.978. The van der Waals surface area contributed by atoms with Gasteiger partial charge in [0.2, 0.25) is 5.91 Å². The van der Waals surface area contributed by atoms with Gasteiger partial charge in [-0.05, 0) is 17.7 Å². The molecule has 0 spiro atoms. The lowest BCUT2D eigenvalue weighted by atomic mass is 9.88. The highest BCUT2D eigenvalue weighted by Crippen LogP contribution is 2.56. The van der Waals surface area contributed by atoms with E-state index in [1.54, 1.807) is 13.2 Å². The van der Waals surface area contributed by atoms with Crippen molar-refractivity contribution in [2.75, 3.05) is 12.4 Å². The molecule has 1 amide bonds. The third-order valence-corrected chi connectivity index (χ3v) is 8.09. The predicted molar refractivity (Wildman–Crippen MR) is 129 cm³/mol. The number of benzene rings is 1. The molecule has 4 rings (SSSR count). The first-order valence-electron chi connectivity index (χ1n) is 10.7. The Labute approximate surface area is 213 Å². The van der Waals surface area contributed by atoms with Crippen molar-refractivity contribution in [1.82, 2.24) is 14.7 Å². The Morgan fingerprint density at radius 2 is 2.06 bits per heavy atom. The molecule has 0 aliphatic carbocycles. The van der Waals surface area contributed by atoms with Crippen molar-refractivity contribution < 1.29 is 33.9 Å². The van der Waals surface area contributed by atoms with Crippen molar-refractivity contribution in [2.24, 2.45) is 13.0 Å². The molecule has 14 heteroatoms. The van der Waals surface area contributed by atoms with Gasteiger partial charge in [-0.2, -0.15) is 5.10 Å². The number of nitro benzene ring substituents is 1. The number of aryl methyl sites for hydroxylation is 1. The smallest absolute Gasteiger partial charge is 0.357 e. The number of esters is 2. The van der Waals surface area contributed by atoms with E-state index in [2.05, 4.69) is 5.10 Å². The average molecular weight is 535 g/mol. The van der Waals surface area contributed by atoms with Crippen molar-refractivity contribution in [3.05, 3.63) is 67.8 Å². The van der Waals surface area contributed by atoms with Gasteiger partial charge in [-0.3, -0.25) is 29.3 Å². The molecule has 2 aromatic rings. The molecule has 0 bridgehead atoms. The number of fused-ring (bicyclic) bond motifs is 1. The standard InChI is InChI=1S/C22H22N4O8S2/c1-12(28)34-18(14-9-23-24(2)10-14)16-19(29)25-17(22(35-8-7-27)36-20(16)25)21(30)33-11-13-3-5-15(6-4-13)26(31)32/h3-6,9-10,16,18,20,27H,7-8,11H2,1-2H3/t16?,18?,20-/m1/s1. The number of aromatic nitrogens is 2. The van der Waals surface area contributed by atoms with E-state index in [1.165, 1.54) is 70.5 Å². The highest BCUT2D eigenvalue weighted by molar-refractivity contribution is 8.22. The number of amides is 1. The molecular formula is C22H22N4O8S2. The minimum absolute atomic E-state index is 0.0689. The Kier molecular flexibility index (Phi) is 7.66. The second-order valence-electron chi connectivity index (χ2n) is 7.93. The summed E-state index contributed by atoms with van der Waals surface area (Å²) in [5, 5.41) is 23.7. The molecular weight excluding hydrogens is 512 g/mol. The molecule has 0 saturated carbocycles. The summed E-state index contributed by atoms with van der Waals surface area (Å²) < 4.78 is 13.0. The molecule has 3 atom stereocenters. The molecule has 2 aliphatic rings. The van der Waals surface area contributed by atoms with Crippen molar-refractivity contribution in [3.63, 3.8) is 0 Å². The maximum atomic E-state index is 13.3. The van der Waals surface area contributed by atoms with Gasteiger partial charge < -0.3 is 14.6 Å². The molecule has 1 saturated heterocycles. The number of hydrogen-bond acceptors (Lipinski definition) is 11. The molecule has 36 heavy (non-hydrogen) atoms. The van der Waals surface area contributed by atoms with Crippen LogP contribution in [0.5, 0.6) is 0 Å². The van der Waals surface area contributed by atoms with Crippen molar-refractivity contribution >= 4 is 47.1 Å². The number of thioether (sulfide) groups is 2. The molecule has 2 unspecified atom stereocenters. The van der Waals surface area contributed by atoms with E-state index < -0.39 is 40.2 Å². The minimum atomic E-state index is -0.878. The third kappa shape index (κ3) is 5.10. The van der Waals surface area contributed by atoms with Crippen LogP contribution >= 0.6 is 23.5 Å². The Balaban J connectivity index is 1.53. The van der Waals surface area contributed by atoms with Gasteiger partial charge in [-0.25, -0.2) is 4.79 Å². The topological polar surface area (TPSA) is 154 Å². The van der Waals surface area contributed by atoms with Crippen molar-refractivity contribution in [3.8, 4) is 0 Å². The van der Waals surface area contributed by atoms with E-state index >= 15 is 0 Å². The fourth-order valence-electron chi connectivity index (χ4n) is 3.86. The fraction of sp³-hybridized carbons (Fsp3) is 0.364. The number of carbonyl (C=O) groups is 3. The average Bonchev–Trinajstić information content (AvgIpc) is 3.42. The van der Waals surface area contributed by atoms with Gasteiger partial charge in [0.15, 0.2) is 5.70 Å². The molecule has 1 N–H and O–H groups in total. The zero-order chi connectivity index (χ0) is 26.0. The SMILES string of the molecule is CC(=O)OC(c1cnn(C)c1)C1C(=O)N2C(C(=O)OCc3ccc([N+](=O)[O-])cc3)=C(SCCO)S[C@H]12. The van der Waals surface area contributed by atoms with Crippen LogP contribution in [0.2, 0.25) is 0 Å². The lowest BCUT2D eigenvalue weighted by molar-refractivity contribution is -0.384. The monoisotopic (exact) mass is 534 g/mol.